The van der Waals surface area contributed by atoms with Crippen LogP contribution in [0.3, 0.4) is 0 Å². The molecule has 22 heavy (non-hydrogen) atoms. The quantitative estimate of drug-likeness (QED) is 0.895. The lowest BCUT2D eigenvalue weighted by Gasteiger charge is -2.25. The molecule has 1 aliphatic carbocycles. The fourth-order valence-corrected chi connectivity index (χ4v) is 2.80. The number of hydrogen-bond donors (Lipinski definition) is 1. The van der Waals surface area contributed by atoms with Crippen LogP contribution >= 0.6 is 0 Å². The van der Waals surface area contributed by atoms with Crippen molar-refractivity contribution >= 4 is 0 Å². The van der Waals surface area contributed by atoms with E-state index in [0.717, 1.165) is 44.3 Å². The van der Waals surface area contributed by atoms with Crippen molar-refractivity contribution in [2.24, 2.45) is 5.92 Å². The first-order valence-electron chi connectivity index (χ1n) is 7.74. The zero-order valence-corrected chi connectivity index (χ0v) is 12.3. The molecule has 1 saturated heterocycles. The Morgan fingerprint density at radius 1 is 1.09 bits per heavy atom. The summed E-state index contributed by atoms with van der Waals surface area (Å²) in [5.41, 5.74) is 0.997. The number of alkyl halides is 3. The fraction of sp³-hybridized carbons (Fsp3) is 0.625. The summed E-state index contributed by atoms with van der Waals surface area (Å²) in [5, 5.41) is 3.29. The van der Waals surface area contributed by atoms with Crippen LogP contribution in [-0.2, 0) is 0 Å². The Balaban J connectivity index is 1.79. The molecular weight excluding hydrogens is 295 g/mol. The van der Waals surface area contributed by atoms with E-state index in [2.05, 4.69) is 10.1 Å². The van der Waals surface area contributed by atoms with Crippen LogP contribution in [0.4, 0.5) is 13.2 Å². The van der Waals surface area contributed by atoms with Crippen molar-refractivity contribution in [1.82, 2.24) is 5.32 Å². The predicted molar refractivity (Wildman–Crippen MR) is 76.2 cm³/mol. The second kappa shape index (κ2) is 6.36. The molecule has 6 heteroatoms. The third-order valence-corrected chi connectivity index (χ3v) is 4.17. The number of rotatable bonds is 5. The highest BCUT2D eigenvalue weighted by atomic mass is 19.4. The number of benzene rings is 1. The van der Waals surface area contributed by atoms with E-state index in [9.17, 15) is 13.2 Å². The fourth-order valence-electron chi connectivity index (χ4n) is 2.80. The van der Waals surface area contributed by atoms with Crippen LogP contribution in [0.2, 0.25) is 0 Å². The lowest BCUT2D eigenvalue weighted by atomic mass is 9.89. The number of ether oxygens (including phenoxy) is 2. The Morgan fingerprint density at radius 3 is 2.45 bits per heavy atom. The van der Waals surface area contributed by atoms with Crippen LogP contribution in [0.1, 0.15) is 37.2 Å². The maximum absolute atomic E-state index is 12.4. The monoisotopic (exact) mass is 315 g/mol. The molecular formula is C16H20F3NO2. The molecule has 0 atom stereocenters. The maximum Gasteiger partial charge on any atom is 0.573 e. The second-order valence-corrected chi connectivity index (χ2v) is 6.03. The van der Waals surface area contributed by atoms with Gasteiger partial charge in [0.2, 0.25) is 0 Å². The number of piperidine rings is 1. The van der Waals surface area contributed by atoms with E-state index in [0.29, 0.717) is 24.2 Å². The SMILES string of the molecule is FC(F)(F)Oc1ccc(C2CCNCC2)c(OCC2CC2)c1. The van der Waals surface area contributed by atoms with Crippen LogP contribution in [0.5, 0.6) is 11.5 Å². The molecule has 3 nitrogen and oxygen atoms in total. The van der Waals surface area contributed by atoms with Crippen molar-refractivity contribution in [2.45, 2.75) is 38.0 Å². The molecule has 2 fully saturated rings. The van der Waals surface area contributed by atoms with Crippen LogP contribution < -0.4 is 14.8 Å². The van der Waals surface area contributed by atoms with Crippen molar-refractivity contribution in [1.29, 1.82) is 0 Å². The highest BCUT2D eigenvalue weighted by Crippen LogP contribution is 2.38. The lowest BCUT2D eigenvalue weighted by Crippen LogP contribution is -2.27. The summed E-state index contributed by atoms with van der Waals surface area (Å²) in [4.78, 5) is 0. The minimum absolute atomic E-state index is 0.212. The van der Waals surface area contributed by atoms with Gasteiger partial charge in [-0.1, -0.05) is 6.07 Å². The van der Waals surface area contributed by atoms with Gasteiger partial charge in [0.1, 0.15) is 11.5 Å². The lowest BCUT2D eigenvalue weighted by molar-refractivity contribution is -0.274. The van der Waals surface area contributed by atoms with E-state index in [1.54, 1.807) is 6.07 Å². The minimum atomic E-state index is -4.68. The molecule has 1 heterocycles. The van der Waals surface area contributed by atoms with Gasteiger partial charge in [-0.25, -0.2) is 0 Å². The third kappa shape index (κ3) is 4.29. The minimum Gasteiger partial charge on any atom is -0.493 e. The summed E-state index contributed by atoms with van der Waals surface area (Å²) in [5.74, 6) is 1.21. The largest absolute Gasteiger partial charge is 0.573 e. The summed E-state index contributed by atoms with van der Waals surface area (Å²) in [7, 11) is 0. The van der Waals surface area contributed by atoms with E-state index in [4.69, 9.17) is 4.74 Å². The molecule has 1 aromatic rings. The standard InChI is InChI=1S/C16H20F3NO2/c17-16(18,19)22-13-3-4-14(12-5-7-20-8-6-12)15(9-13)21-10-11-1-2-11/h3-4,9,11-12,20H,1-2,5-8,10H2. The first kappa shape index (κ1) is 15.5. The summed E-state index contributed by atoms with van der Waals surface area (Å²) < 4.78 is 47.0. The summed E-state index contributed by atoms with van der Waals surface area (Å²) in [6, 6.07) is 4.49. The molecule has 0 spiro atoms. The van der Waals surface area contributed by atoms with Crippen molar-refractivity contribution in [3.63, 3.8) is 0 Å². The first-order chi connectivity index (χ1) is 10.5. The van der Waals surface area contributed by atoms with Gasteiger partial charge >= 0.3 is 6.36 Å². The van der Waals surface area contributed by atoms with Crippen LogP contribution in [0, 0.1) is 5.92 Å². The van der Waals surface area contributed by atoms with Gasteiger partial charge in [0, 0.05) is 6.07 Å². The van der Waals surface area contributed by atoms with Crippen molar-refractivity contribution in [3.05, 3.63) is 23.8 Å². The topological polar surface area (TPSA) is 30.5 Å². The van der Waals surface area contributed by atoms with Gasteiger partial charge in [-0.05, 0) is 62.2 Å². The number of halogens is 3. The Hall–Kier alpha value is -1.43. The Bertz CT molecular complexity index is 509. The van der Waals surface area contributed by atoms with Crippen LogP contribution in [0.25, 0.3) is 0 Å². The van der Waals surface area contributed by atoms with Gasteiger partial charge in [-0.3, -0.25) is 0 Å². The highest BCUT2D eigenvalue weighted by molar-refractivity contribution is 5.43. The van der Waals surface area contributed by atoms with E-state index in [-0.39, 0.29) is 5.75 Å². The molecule has 0 aromatic heterocycles. The molecule has 0 unspecified atom stereocenters. The molecule has 1 N–H and O–H groups in total. The Morgan fingerprint density at radius 2 is 1.82 bits per heavy atom. The predicted octanol–water partition coefficient (Wildman–Crippen LogP) is 3.84. The average molecular weight is 315 g/mol. The van der Waals surface area contributed by atoms with Crippen LogP contribution in [0.15, 0.2) is 18.2 Å². The number of hydrogen-bond acceptors (Lipinski definition) is 3. The molecule has 3 rings (SSSR count). The van der Waals surface area contributed by atoms with E-state index >= 15 is 0 Å². The molecule has 122 valence electrons. The summed E-state index contributed by atoms with van der Waals surface area (Å²) in [6.45, 7) is 2.43. The molecule has 2 aliphatic rings. The molecule has 0 amide bonds. The second-order valence-electron chi connectivity index (χ2n) is 6.03. The molecule has 0 bridgehead atoms. The van der Waals surface area contributed by atoms with Gasteiger partial charge in [0.25, 0.3) is 0 Å². The van der Waals surface area contributed by atoms with Crippen LogP contribution in [-0.4, -0.2) is 26.1 Å². The zero-order chi connectivity index (χ0) is 15.6. The van der Waals surface area contributed by atoms with Crippen molar-refractivity contribution < 1.29 is 22.6 Å². The molecule has 0 radical (unpaired) electrons. The zero-order valence-electron chi connectivity index (χ0n) is 12.3. The molecule has 1 saturated carbocycles. The normalized spacial score (nSPS) is 20.0. The van der Waals surface area contributed by atoms with E-state index in [1.807, 2.05) is 0 Å². The highest BCUT2D eigenvalue weighted by Gasteiger charge is 2.32. The Labute approximate surface area is 127 Å². The smallest absolute Gasteiger partial charge is 0.493 e. The van der Waals surface area contributed by atoms with Gasteiger partial charge in [-0.2, -0.15) is 0 Å². The molecule has 1 aromatic carbocycles. The average Bonchev–Trinajstić information content (AvgIpc) is 3.29. The van der Waals surface area contributed by atoms with Crippen molar-refractivity contribution in [2.75, 3.05) is 19.7 Å². The Kier molecular flexibility index (Phi) is 4.47. The van der Waals surface area contributed by atoms with E-state index < -0.39 is 6.36 Å². The summed E-state index contributed by atoms with van der Waals surface area (Å²) in [6.07, 6.45) is -0.453. The van der Waals surface area contributed by atoms with E-state index in [1.165, 1.54) is 12.1 Å². The van der Waals surface area contributed by atoms with Gasteiger partial charge in [0.05, 0.1) is 6.61 Å². The number of nitrogens with one attached hydrogen (secondary N) is 1. The first-order valence-corrected chi connectivity index (χ1v) is 7.74. The molecule has 1 aliphatic heterocycles. The van der Waals surface area contributed by atoms with Gasteiger partial charge in [-0.15, -0.1) is 13.2 Å². The summed E-state index contributed by atoms with van der Waals surface area (Å²) >= 11 is 0. The maximum atomic E-state index is 12.4. The third-order valence-electron chi connectivity index (χ3n) is 4.17. The van der Waals surface area contributed by atoms with Gasteiger partial charge in [0.15, 0.2) is 0 Å². The van der Waals surface area contributed by atoms with Crippen molar-refractivity contribution in [3.8, 4) is 11.5 Å². The van der Waals surface area contributed by atoms with Gasteiger partial charge < -0.3 is 14.8 Å².